The van der Waals surface area contributed by atoms with Gasteiger partial charge in [0.1, 0.15) is 0 Å². The summed E-state index contributed by atoms with van der Waals surface area (Å²) in [4.78, 5) is 28.4. The van der Waals surface area contributed by atoms with Gasteiger partial charge in [-0.3, -0.25) is 13.9 Å². The molecule has 2 heterocycles. The minimum atomic E-state index is -0.558. The average Bonchev–Trinajstić information content (AvgIpc) is 2.24. The molecule has 0 N–H and O–H groups in total. The Morgan fingerprint density at radius 2 is 1.88 bits per heavy atom. The Labute approximate surface area is 98.3 Å². The van der Waals surface area contributed by atoms with Gasteiger partial charge in [-0.25, -0.2) is 9.78 Å². The van der Waals surface area contributed by atoms with Gasteiger partial charge in [-0.05, 0) is 32.9 Å². The monoisotopic (exact) mass is 233 g/mol. The third-order valence-corrected chi connectivity index (χ3v) is 2.70. The molecule has 0 spiro atoms. The van der Waals surface area contributed by atoms with Gasteiger partial charge in [-0.1, -0.05) is 0 Å². The molecule has 0 aliphatic heterocycles. The van der Waals surface area contributed by atoms with Crippen molar-refractivity contribution in [1.82, 2.24) is 14.1 Å². The van der Waals surface area contributed by atoms with Crippen LogP contribution in [-0.2, 0) is 12.6 Å². The Bertz CT molecular complexity index is 689. The first-order valence-electron chi connectivity index (χ1n) is 5.41. The van der Waals surface area contributed by atoms with Gasteiger partial charge in [0, 0.05) is 18.8 Å². The van der Waals surface area contributed by atoms with Crippen molar-refractivity contribution in [1.29, 1.82) is 0 Å². The second-order valence-electron chi connectivity index (χ2n) is 5.02. The number of fused-ring (bicyclic) bond motifs is 1. The molecule has 0 saturated heterocycles. The molecule has 0 aliphatic rings. The molecule has 0 saturated carbocycles. The Balaban J connectivity index is 3.09. The smallest absolute Gasteiger partial charge is 0.295 e. The maximum Gasteiger partial charge on any atom is 0.331 e. The van der Waals surface area contributed by atoms with E-state index < -0.39 is 5.54 Å². The van der Waals surface area contributed by atoms with E-state index >= 15 is 0 Å². The maximum absolute atomic E-state index is 12.2. The van der Waals surface area contributed by atoms with Crippen molar-refractivity contribution < 1.29 is 0 Å². The average molecular weight is 233 g/mol. The first kappa shape index (κ1) is 11.6. The van der Waals surface area contributed by atoms with E-state index in [2.05, 4.69) is 4.98 Å². The van der Waals surface area contributed by atoms with Crippen LogP contribution in [0.5, 0.6) is 0 Å². The van der Waals surface area contributed by atoms with Crippen LogP contribution in [-0.4, -0.2) is 14.1 Å². The molecule has 5 heteroatoms. The van der Waals surface area contributed by atoms with Crippen LogP contribution >= 0.6 is 0 Å². The third-order valence-electron chi connectivity index (χ3n) is 2.70. The van der Waals surface area contributed by atoms with E-state index in [1.807, 2.05) is 20.8 Å². The van der Waals surface area contributed by atoms with Crippen LogP contribution in [0, 0.1) is 0 Å². The molecule has 2 aromatic rings. The highest BCUT2D eigenvalue weighted by molar-refractivity contribution is 5.72. The summed E-state index contributed by atoms with van der Waals surface area (Å²) in [5.74, 6) is 0. The van der Waals surface area contributed by atoms with E-state index in [0.717, 1.165) is 0 Å². The summed E-state index contributed by atoms with van der Waals surface area (Å²) in [6.07, 6.45) is 1.56. The molecule has 0 radical (unpaired) electrons. The Kier molecular flexibility index (Phi) is 2.41. The highest BCUT2D eigenvalue weighted by Crippen LogP contribution is 2.10. The number of rotatable bonds is 0. The number of aromatic nitrogens is 3. The summed E-state index contributed by atoms with van der Waals surface area (Å²) >= 11 is 0. The second kappa shape index (κ2) is 3.55. The topological polar surface area (TPSA) is 56.9 Å². The number of aryl methyl sites for hydroxylation is 1. The Morgan fingerprint density at radius 1 is 1.24 bits per heavy atom. The zero-order valence-electron chi connectivity index (χ0n) is 10.4. The van der Waals surface area contributed by atoms with Crippen molar-refractivity contribution in [3.63, 3.8) is 0 Å². The molecule has 2 aromatic heterocycles. The minimum absolute atomic E-state index is 0.317. The minimum Gasteiger partial charge on any atom is -0.295 e. The molecule has 90 valence electrons. The molecule has 5 nitrogen and oxygen atoms in total. The standard InChI is InChI=1S/C12H15N3O2/c1-12(2,3)15-10(16)9-8(6-5-7-13-9)14(4)11(15)17/h5-7H,1-4H3. The highest BCUT2D eigenvalue weighted by atomic mass is 16.2. The summed E-state index contributed by atoms with van der Waals surface area (Å²) in [6, 6.07) is 3.43. The quantitative estimate of drug-likeness (QED) is 0.678. The fourth-order valence-electron chi connectivity index (χ4n) is 1.87. The SMILES string of the molecule is Cn1c(=O)n(C(C)(C)C)c(=O)c2ncccc21. The second-order valence-corrected chi connectivity index (χ2v) is 5.02. The van der Waals surface area contributed by atoms with Crippen LogP contribution in [0.4, 0.5) is 0 Å². The van der Waals surface area contributed by atoms with Gasteiger partial charge in [-0.15, -0.1) is 0 Å². The van der Waals surface area contributed by atoms with Crippen molar-refractivity contribution in [2.45, 2.75) is 26.3 Å². The zero-order valence-corrected chi connectivity index (χ0v) is 10.4. The molecule has 0 amide bonds. The van der Waals surface area contributed by atoms with Crippen molar-refractivity contribution in [2.24, 2.45) is 7.05 Å². The molecule has 0 atom stereocenters. The van der Waals surface area contributed by atoms with Gasteiger partial charge in [0.05, 0.1) is 5.52 Å². The zero-order chi connectivity index (χ0) is 12.8. The largest absolute Gasteiger partial charge is 0.331 e. The first-order valence-corrected chi connectivity index (χ1v) is 5.41. The molecule has 0 aromatic carbocycles. The molecule has 0 fully saturated rings. The van der Waals surface area contributed by atoms with E-state index in [9.17, 15) is 9.59 Å². The number of hydrogen-bond donors (Lipinski definition) is 0. The van der Waals surface area contributed by atoms with Crippen molar-refractivity contribution in [3.8, 4) is 0 Å². The van der Waals surface area contributed by atoms with Crippen LogP contribution in [0.15, 0.2) is 27.9 Å². The molecule has 0 aliphatic carbocycles. The number of pyridine rings is 1. The van der Waals surface area contributed by atoms with Crippen LogP contribution in [0.2, 0.25) is 0 Å². The highest BCUT2D eigenvalue weighted by Gasteiger charge is 2.21. The van der Waals surface area contributed by atoms with Crippen molar-refractivity contribution >= 4 is 11.0 Å². The summed E-state index contributed by atoms with van der Waals surface area (Å²) in [5, 5.41) is 0. The van der Waals surface area contributed by atoms with E-state index in [1.54, 1.807) is 25.4 Å². The normalized spacial score (nSPS) is 12.0. The number of hydrogen-bond acceptors (Lipinski definition) is 3. The Morgan fingerprint density at radius 3 is 2.47 bits per heavy atom. The molecule has 0 bridgehead atoms. The van der Waals surface area contributed by atoms with E-state index in [-0.39, 0.29) is 11.2 Å². The van der Waals surface area contributed by atoms with Gasteiger partial charge >= 0.3 is 5.69 Å². The summed E-state index contributed by atoms with van der Waals surface area (Å²) in [7, 11) is 1.65. The maximum atomic E-state index is 12.2. The van der Waals surface area contributed by atoms with Crippen LogP contribution in [0.3, 0.4) is 0 Å². The number of nitrogens with zero attached hydrogens (tertiary/aromatic N) is 3. The van der Waals surface area contributed by atoms with E-state index in [4.69, 9.17) is 0 Å². The lowest BCUT2D eigenvalue weighted by Crippen LogP contribution is -2.47. The summed E-state index contributed by atoms with van der Waals surface area (Å²) < 4.78 is 2.69. The van der Waals surface area contributed by atoms with Crippen molar-refractivity contribution in [3.05, 3.63) is 39.2 Å². The van der Waals surface area contributed by atoms with E-state index in [1.165, 1.54) is 9.13 Å². The lowest BCUT2D eigenvalue weighted by Gasteiger charge is -2.22. The molecule has 2 rings (SSSR count). The molecular formula is C12H15N3O2. The van der Waals surface area contributed by atoms with E-state index in [0.29, 0.717) is 11.0 Å². The molecule has 0 unspecified atom stereocenters. The summed E-state index contributed by atoms with van der Waals surface area (Å²) in [6.45, 7) is 5.47. The van der Waals surface area contributed by atoms with Crippen LogP contribution < -0.4 is 11.2 Å². The third kappa shape index (κ3) is 1.67. The fourth-order valence-corrected chi connectivity index (χ4v) is 1.87. The van der Waals surface area contributed by atoms with Crippen LogP contribution in [0.25, 0.3) is 11.0 Å². The van der Waals surface area contributed by atoms with Crippen molar-refractivity contribution in [2.75, 3.05) is 0 Å². The Hall–Kier alpha value is -1.91. The van der Waals surface area contributed by atoms with Gasteiger partial charge < -0.3 is 0 Å². The van der Waals surface area contributed by atoms with Gasteiger partial charge in [-0.2, -0.15) is 0 Å². The van der Waals surface area contributed by atoms with Crippen LogP contribution in [0.1, 0.15) is 20.8 Å². The van der Waals surface area contributed by atoms with Gasteiger partial charge in [0.2, 0.25) is 0 Å². The lowest BCUT2D eigenvalue weighted by atomic mass is 10.1. The molecular weight excluding hydrogens is 218 g/mol. The lowest BCUT2D eigenvalue weighted by molar-refractivity contribution is 0.362. The predicted molar refractivity (Wildman–Crippen MR) is 66.2 cm³/mol. The van der Waals surface area contributed by atoms with Gasteiger partial charge in [0.15, 0.2) is 5.52 Å². The van der Waals surface area contributed by atoms with Gasteiger partial charge in [0.25, 0.3) is 5.56 Å². The summed E-state index contributed by atoms with van der Waals surface area (Å²) in [5.41, 5.74) is -0.329. The molecule has 17 heavy (non-hydrogen) atoms. The first-order chi connectivity index (χ1) is 7.84. The predicted octanol–water partition coefficient (Wildman–Crippen LogP) is 0.850. The fraction of sp³-hybridized carbons (Fsp3) is 0.417.